The second kappa shape index (κ2) is 66.1. The van der Waals surface area contributed by atoms with Crippen LogP contribution in [-0.2, 0) is 18.4 Å². The van der Waals surface area contributed by atoms with Crippen molar-refractivity contribution in [2.45, 2.75) is 398 Å². The van der Waals surface area contributed by atoms with Gasteiger partial charge in [-0.15, -0.1) is 0 Å². The molecule has 0 saturated carbocycles. The molecule has 0 aliphatic carbocycles. The normalized spacial score (nSPS) is 13.8. The van der Waals surface area contributed by atoms with E-state index in [-0.39, 0.29) is 19.1 Å². The van der Waals surface area contributed by atoms with Crippen molar-refractivity contribution in [3.63, 3.8) is 0 Å². The number of likely N-dealkylation sites (N-methyl/N-ethyl adjacent to an activating group) is 1. The number of nitrogens with zero attached hydrogens (tertiary/aromatic N) is 1. The fourth-order valence-corrected chi connectivity index (χ4v) is 12.2. The molecule has 84 heavy (non-hydrogen) atoms. The largest absolute Gasteiger partial charge is 0.756 e. The summed E-state index contributed by atoms with van der Waals surface area (Å²) in [6.45, 7) is 4.69. The van der Waals surface area contributed by atoms with E-state index < -0.39 is 20.0 Å². The quantitative estimate of drug-likeness (QED) is 0.0272. The number of nitrogens with one attached hydrogen (secondary N) is 1. The molecule has 8 nitrogen and oxygen atoms in total. The van der Waals surface area contributed by atoms with Crippen LogP contribution in [0.25, 0.3) is 0 Å². The Hall–Kier alpha value is -1.28. The third kappa shape index (κ3) is 68.2. The first kappa shape index (κ1) is 82.7. The number of hydrogen-bond acceptors (Lipinski definition) is 6. The van der Waals surface area contributed by atoms with E-state index in [9.17, 15) is 19.4 Å². The van der Waals surface area contributed by atoms with Gasteiger partial charge in [0.15, 0.2) is 0 Å². The highest BCUT2D eigenvalue weighted by Crippen LogP contribution is 2.38. The van der Waals surface area contributed by atoms with E-state index >= 15 is 0 Å². The number of amides is 1. The van der Waals surface area contributed by atoms with Crippen LogP contribution in [0.4, 0.5) is 0 Å². The lowest BCUT2D eigenvalue weighted by atomic mass is 10.0. The van der Waals surface area contributed by atoms with E-state index in [1.54, 1.807) is 6.08 Å². The highest BCUT2D eigenvalue weighted by molar-refractivity contribution is 7.45. The molecule has 0 aromatic carbocycles. The minimum atomic E-state index is -4.61. The van der Waals surface area contributed by atoms with Crippen molar-refractivity contribution >= 4 is 13.7 Å². The van der Waals surface area contributed by atoms with Gasteiger partial charge in [0, 0.05) is 6.42 Å². The van der Waals surface area contributed by atoms with Crippen LogP contribution >= 0.6 is 7.82 Å². The predicted octanol–water partition coefficient (Wildman–Crippen LogP) is 23.4. The summed E-state index contributed by atoms with van der Waals surface area (Å²) in [5, 5.41) is 13.9. The molecule has 0 heterocycles. The van der Waals surface area contributed by atoms with Gasteiger partial charge in [-0.1, -0.05) is 359 Å². The lowest BCUT2D eigenvalue weighted by Gasteiger charge is -2.29. The predicted molar refractivity (Wildman–Crippen MR) is 367 cm³/mol. The summed E-state index contributed by atoms with van der Waals surface area (Å²) >= 11 is 0. The summed E-state index contributed by atoms with van der Waals surface area (Å²) in [6.07, 6.45) is 88.8. The van der Waals surface area contributed by atoms with Gasteiger partial charge in [-0.2, -0.15) is 0 Å². The third-order valence-corrected chi connectivity index (χ3v) is 18.3. The van der Waals surface area contributed by atoms with E-state index in [2.05, 4.69) is 43.5 Å². The standard InChI is InChI=1S/C75H147N2O6P/c1-6-8-10-12-14-16-18-20-22-24-26-28-30-31-32-33-34-35-36-37-38-39-40-41-42-43-44-45-47-49-51-53-55-57-59-61-63-65-67-69-75(79)76-73(72-83-84(80,81)82-71-70-77(3,4)5)74(78)68-66-64-62-60-58-56-54-52-50-48-46-29-27-25-23-21-19-17-15-13-11-9-7-2/h37-38,58,60,66,68,73-74,78H,6-36,39-57,59,61-65,67,69-72H2,1-5H3,(H-,76,79,80,81)/b38-37-,60-58+,68-66+. The van der Waals surface area contributed by atoms with Gasteiger partial charge in [-0.3, -0.25) is 9.36 Å². The van der Waals surface area contributed by atoms with Crippen molar-refractivity contribution in [3.05, 3.63) is 36.5 Å². The van der Waals surface area contributed by atoms with E-state index in [0.29, 0.717) is 17.4 Å². The Balaban J connectivity index is 3.96. The summed E-state index contributed by atoms with van der Waals surface area (Å²) in [7, 11) is 1.26. The lowest BCUT2D eigenvalue weighted by molar-refractivity contribution is -0.870. The van der Waals surface area contributed by atoms with Gasteiger partial charge in [0.1, 0.15) is 13.2 Å². The van der Waals surface area contributed by atoms with Gasteiger partial charge in [-0.05, 0) is 57.8 Å². The Morgan fingerprint density at radius 1 is 0.405 bits per heavy atom. The molecular weight excluding hydrogens is 1060 g/mol. The minimum Gasteiger partial charge on any atom is -0.756 e. The van der Waals surface area contributed by atoms with Crippen LogP contribution in [0.15, 0.2) is 36.5 Å². The van der Waals surface area contributed by atoms with Gasteiger partial charge < -0.3 is 28.8 Å². The maximum absolute atomic E-state index is 13.0. The first-order valence-corrected chi connectivity index (χ1v) is 38.8. The summed E-state index contributed by atoms with van der Waals surface area (Å²) in [5.41, 5.74) is 0. The highest BCUT2D eigenvalue weighted by atomic mass is 31.2. The smallest absolute Gasteiger partial charge is 0.268 e. The number of phosphoric acid groups is 1. The fourth-order valence-electron chi connectivity index (χ4n) is 11.5. The molecule has 0 bridgehead atoms. The van der Waals surface area contributed by atoms with Crippen molar-refractivity contribution in [1.82, 2.24) is 5.32 Å². The molecule has 2 N–H and O–H groups in total. The summed E-state index contributed by atoms with van der Waals surface area (Å²) in [4.78, 5) is 25.6. The molecule has 0 aromatic rings. The SMILES string of the molecule is CCCCCCCCCCCCCCCCCCC/C=C/CC/C=C/C(O)C(COP(=O)([O-])OCC[N+](C)(C)C)NC(=O)CCCCCCCCCCCCCCCCCCC/C=C\CCCCCCCCCCCCCCCCCCCC. The molecule has 0 aliphatic heterocycles. The summed E-state index contributed by atoms with van der Waals surface area (Å²) in [5.74, 6) is -0.200. The Morgan fingerprint density at radius 3 is 0.964 bits per heavy atom. The number of aliphatic hydroxyl groups is 1. The topological polar surface area (TPSA) is 108 Å². The Kier molecular flexibility index (Phi) is 65.1. The number of carbonyl (C=O) groups is 1. The Labute approximate surface area is 525 Å². The molecule has 9 heteroatoms. The monoisotopic (exact) mass is 1200 g/mol. The van der Waals surface area contributed by atoms with Crippen LogP contribution in [0.5, 0.6) is 0 Å². The van der Waals surface area contributed by atoms with Crippen LogP contribution in [0.2, 0.25) is 0 Å². The van der Waals surface area contributed by atoms with E-state index in [0.717, 1.165) is 38.5 Å². The molecule has 3 atom stereocenters. The molecule has 0 fully saturated rings. The van der Waals surface area contributed by atoms with E-state index in [1.807, 2.05) is 27.2 Å². The van der Waals surface area contributed by atoms with Gasteiger partial charge in [0.25, 0.3) is 7.82 Å². The number of unbranched alkanes of at least 4 members (excludes halogenated alkanes) is 53. The average Bonchev–Trinajstić information content (AvgIpc) is 3.56. The zero-order valence-electron chi connectivity index (χ0n) is 57.1. The third-order valence-electron chi connectivity index (χ3n) is 17.3. The van der Waals surface area contributed by atoms with Gasteiger partial charge in [0.05, 0.1) is 39.9 Å². The Morgan fingerprint density at radius 2 is 0.667 bits per heavy atom. The molecule has 0 spiro atoms. The van der Waals surface area contributed by atoms with Crippen molar-refractivity contribution in [1.29, 1.82) is 0 Å². The Bertz CT molecular complexity index is 1460. The lowest BCUT2D eigenvalue weighted by Crippen LogP contribution is -2.45. The van der Waals surface area contributed by atoms with Crippen molar-refractivity contribution in [2.75, 3.05) is 40.9 Å². The van der Waals surface area contributed by atoms with Crippen molar-refractivity contribution < 1.29 is 32.9 Å². The van der Waals surface area contributed by atoms with Crippen LogP contribution in [-0.4, -0.2) is 68.5 Å². The van der Waals surface area contributed by atoms with E-state index in [1.165, 1.54) is 327 Å². The minimum absolute atomic E-state index is 0.00463. The molecule has 0 saturated heterocycles. The number of hydrogen-bond donors (Lipinski definition) is 2. The molecule has 498 valence electrons. The highest BCUT2D eigenvalue weighted by Gasteiger charge is 2.23. The fraction of sp³-hybridized carbons (Fsp3) is 0.907. The van der Waals surface area contributed by atoms with Gasteiger partial charge >= 0.3 is 0 Å². The molecule has 0 radical (unpaired) electrons. The van der Waals surface area contributed by atoms with Gasteiger partial charge in [-0.25, -0.2) is 0 Å². The molecule has 0 aliphatic rings. The second-order valence-corrected chi connectivity index (χ2v) is 28.4. The van der Waals surface area contributed by atoms with Crippen LogP contribution in [0, 0.1) is 0 Å². The number of rotatable bonds is 70. The molecule has 1 amide bonds. The van der Waals surface area contributed by atoms with Crippen LogP contribution < -0.4 is 10.2 Å². The van der Waals surface area contributed by atoms with Gasteiger partial charge in [0.2, 0.25) is 5.91 Å². The van der Waals surface area contributed by atoms with Crippen molar-refractivity contribution in [2.24, 2.45) is 0 Å². The maximum Gasteiger partial charge on any atom is 0.268 e. The second-order valence-electron chi connectivity index (χ2n) is 27.0. The van der Waals surface area contributed by atoms with E-state index in [4.69, 9.17) is 9.05 Å². The zero-order chi connectivity index (χ0) is 61.2. The van der Waals surface area contributed by atoms with Crippen LogP contribution in [0.1, 0.15) is 386 Å². The first-order chi connectivity index (χ1) is 41.0. The maximum atomic E-state index is 13.0. The molecule has 3 unspecified atom stereocenters. The van der Waals surface area contributed by atoms with Crippen molar-refractivity contribution in [3.8, 4) is 0 Å². The number of carbonyl (C=O) groups excluding carboxylic acids is 1. The number of quaternary nitrogens is 1. The number of aliphatic hydroxyl groups excluding tert-OH is 1. The zero-order valence-corrected chi connectivity index (χ0v) is 58.0. The molecule has 0 rings (SSSR count). The summed E-state index contributed by atoms with van der Waals surface area (Å²) in [6, 6.07) is -0.904. The average molecular weight is 1200 g/mol. The van der Waals surface area contributed by atoms with Crippen LogP contribution in [0.3, 0.4) is 0 Å². The summed E-state index contributed by atoms with van der Waals surface area (Å²) < 4.78 is 23.4. The number of phosphoric ester groups is 1. The first-order valence-electron chi connectivity index (χ1n) is 37.4. The number of allylic oxidation sites excluding steroid dienone is 5. The molecular formula is C75H147N2O6P. The molecule has 0 aromatic heterocycles.